The highest BCUT2D eigenvalue weighted by atomic mass is 19.4. The summed E-state index contributed by atoms with van der Waals surface area (Å²) in [5, 5.41) is 0. The van der Waals surface area contributed by atoms with E-state index in [1.54, 1.807) is 0 Å². The van der Waals surface area contributed by atoms with Gasteiger partial charge < -0.3 is 9.64 Å². The van der Waals surface area contributed by atoms with Crippen molar-refractivity contribution in [3.8, 4) is 5.75 Å². The van der Waals surface area contributed by atoms with Crippen molar-refractivity contribution in [2.75, 3.05) is 20.6 Å². The first-order chi connectivity index (χ1) is 13.6. The monoisotopic (exact) mass is 411 g/mol. The third-order valence-corrected chi connectivity index (χ3v) is 5.53. The molecule has 29 heavy (non-hydrogen) atoms. The Labute approximate surface area is 171 Å². The minimum absolute atomic E-state index is 0.241. The zero-order valence-electron chi connectivity index (χ0n) is 17.4. The van der Waals surface area contributed by atoms with Gasteiger partial charge in [0.05, 0.1) is 0 Å². The van der Waals surface area contributed by atoms with Gasteiger partial charge in [-0.05, 0) is 75.7 Å². The lowest BCUT2D eigenvalue weighted by atomic mass is 9.77. The summed E-state index contributed by atoms with van der Waals surface area (Å²) in [5.74, 6) is 1.10. The number of ether oxygens (including phenoxy) is 1. The summed E-state index contributed by atoms with van der Waals surface area (Å²) in [4.78, 5) is 13.9. The molecule has 0 heterocycles. The second-order valence-corrected chi connectivity index (χ2v) is 8.38. The standard InChI is InChI=1S/C23H32F3NO2/c1-17(16-27(2)3)22(28)29-21-13-11-20(12-14-21)19-9-7-18(8-10-19)6-4-5-15-23(24,25)26/h11-14,18-19H,1,4-10,15-16H2,2-3H3. The molecule has 162 valence electrons. The third kappa shape index (κ3) is 8.60. The van der Waals surface area contributed by atoms with E-state index in [2.05, 4.69) is 6.58 Å². The second-order valence-electron chi connectivity index (χ2n) is 8.38. The zero-order chi connectivity index (χ0) is 21.4. The third-order valence-electron chi connectivity index (χ3n) is 5.53. The number of rotatable bonds is 9. The number of nitrogens with zero attached hydrogens (tertiary/aromatic N) is 1. The molecular weight excluding hydrogens is 379 g/mol. The van der Waals surface area contributed by atoms with Crippen LogP contribution in [0.1, 0.15) is 62.8 Å². The maximum atomic E-state index is 12.2. The first kappa shape index (κ1) is 23.5. The number of hydrogen-bond donors (Lipinski definition) is 0. The Hall–Kier alpha value is -1.82. The van der Waals surface area contributed by atoms with Gasteiger partial charge in [0.25, 0.3) is 0 Å². The average molecular weight is 412 g/mol. The molecule has 0 radical (unpaired) electrons. The summed E-state index contributed by atoms with van der Waals surface area (Å²) in [6.45, 7) is 4.21. The van der Waals surface area contributed by atoms with Crippen molar-refractivity contribution in [2.24, 2.45) is 5.92 Å². The lowest BCUT2D eigenvalue weighted by Crippen LogP contribution is -2.22. The van der Waals surface area contributed by atoms with E-state index in [1.165, 1.54) is 5.56 Å². The molecule has 1 aliphatic carbocycles. The topological polar surface area (TPSA) is 29.5 Å². The first-order valence-electron chi connectivity index (χ1n) is 10.4. The number of likely N-dealkylation sites (N-methyl/N-ethyl adjacent to an activating group) is 1. The number of unbranched alkanes of at least 4 members (excludes halogenated alkanes) is 1. The van der Waals surface area contributed by atoms with E-state index in [1.807, 2.05) is 43.3 Å². The van der Waals surface area contributed by atoms with Gasteiger partial charge in [-0.25, -0.2) is 4.79 Å². The molecule has 6 heteroatoms. The normalized spacial score (nSPS) is 19.9. The molecule has 1 aromatic rings. The first-order valence-corrected chi connectivity index (χ1v) is 10.4. The highest BCUT2D eigenvalue weighted by molar-refractivity contribution is 5.89. The predicted molar refractivity (Wildman–Crippen MR) is 109 cm³/mol. The van der Waals surface area contributed by atoms with Crippen LogP contribution in [-0.4, -0.2) is 37.7 Å². The van der Waals surface area contributed by atoms with E-state index in [-0.39, 0.29) is 6.42 Å². The van der Waals surface area contributed by atoms with Crippen LogP contribution in [0.15, 0.2) is 36.4 Å². The Bertz CT molecular complexity index is 660. The number of esters is 1. The molecule has 0 aromatic heterocycles. The Kier molecular flexibility index (Phi) is 8.75. The largest absolute Gasteiger partial charge is 0.423 e. The van der Waals surface area contributed by atoms with Crippen molar-refractivity contribution in [3.05, 3.63) is 42.0 Å². The van der Waals surface area contributed by atoms with Crippen molar-refractivity contribution < 1.29 is 22.7 Å². The molecule has 3 nitrogen and oxygen atoms in total. The van der Waals surface area contributed by atoms with Gasteiger partial charge in [-0.2, -0.15) is 13.2 Å². The summed E-state index contributed by atoms with van der Waals surface area (Å²) < 4.78 is 42.0. The minimum Gasteiger partial charge on any atom is -0.423 e. The molecule has 0 aliphatic heterocycles. The van der Waals surface area contributed by atoms with Crippen LogP contribution in [0.2, 0.25) is 0 Å². The average Bonchev–Trinajstić information content (AvgIpc) is 2.65. The quantitative estimate of drug-likeness (QED) is 0.213. The van der Waals surface area contributed by atoms with E-state index < -0.39 is 18.6 Å². The number of benzene rings is 1. The summed E-state index contributed by atoms with van der Waals surface area (Å²) in [6.07, 6.45) is 1.35. The van der Waals surface area contributed by atoms with Crippen LogP contribution in [0.25, 0.3) is 0 Å². The summed E-state index contributed by atoms with van der Waals surface area (Å²) in [5.41, 5.74) is 1.64. The van der Waals surface area contributed by atoms with E-state index in [0.717, 1.165) is 32.1 Å². The Morgan fingerprint density at radius 2 is 1.72 bits per heavy atom. The van der Waals surface area contributed by atoms with E-state index in [0.29, 0.717) is 36.1 Å². The molecule has 1 aromatic carbocycles. The van der Waals surface area contributed by atoms with Crippen LogP contribution < -0.4 is 4.74 Å². The van der Waals surface area contributed by atoms with E-state index in [4.69, 9.17) is 4.74 Å². The highest BCUT2D eigenvalue weighted by Crippen LogP contribution is 2.38. The van der Waals surface area contributed by atoms with Gasteiger partial charge in [0.15, 0.2) is 0 Å². The lowest BCUT2D eigenvalue weighted by Gasteiger charge is -2.29. The fourth-order valence-corrected chi connectivity index (χ4v) is 3.98. The fraction of sp³-hybridized carbons (Fsp3) is 0.609. The van der Waals surface area contributed by atoms with Gasteiger partial charge in [-0.3, -0.25) is 0 Å². The van der Waals surface area contributed by atoms with Gasteiger partial charge in [0, 0.05) is 18.5 Å². The number of alkyl halides is 3. The van der Waals surface area contributed by atoms with E-state index >= 15 is 0 Å². The Morgan fingerprint density at radius 3 is 2.28 bits per heavy atom. The van der Waals surface area contributed by atoms with Gasteiger partial charge in [-0.1, -0.05) is 31.6 Å². The number of hydrogen-bond acceptors (Lipinski definition) is 3. The van der Waals surface area contributed by atoms with Crippen molar-refractivity contribution in [1.29, 1.82) is 0 Å². The zero-order valence-corrected chi connectivity index (χ0v) is 17.4. The Morgan fingerprint density at radius 1 is 1.10 bits per heavy atom. The SMILES string of the molecule is C=C(CN(C)C)C(=O)Oc1ccc(C2CCC(CCCCC(F)(F)F)CC2)cc1. The van der Waals surface area contributed by atoms with Gasteiger partial charge >= 0.3 is 12.1 Å². The molecule has 0 N–H and O–H groups in total. The fourth-order valence-electron chi connectivity index (χ4n) is 3.98. The molecule has 1 aliphatic rings. The number of carbonyl (C=O) groups is 1. The molecule has 0 saturated heterocycles. The molecule has 1 saturated carbocycles. The van der Waals surface area contributed by atoms with Crippen LogP contribution in [0, 0.1) is 5.92 Å². The maximum absolute atomic E-state index is 12.2. The second kappa shape index (κ2) is 10.8. The van der Waals surface area contributed by atoms with Crippen LogP contribution in [0.4, 0.5) is 13.2 Å². The molecule has 0 spiro atoms. The lowest BCUT2D eigenvalue weighted by molar-refractivity contribution is -0.135. The van der Waals surface area contributed by atoms with Crippen molar-refractivity contribution >= 4 is 5.97 Å². The van der Waals surface area contributed by atoms with Crippen LogP contribution in [0.5, 0.6) is 5.75 Å². The smallest absolute Gasteiger partial charge is 0.389 e. The van der Waals surface area contributed by atoms with Crippen molar-refractivity contribution in [1.82, 2.24) is 4.90 Å². The molecule has 0 unspecified atom stereocenters. The summed E-state index contributed by atoms with van der Waals surface area (Å²) in [6, 6.07) is 7.65. The molecule has 2 rings (SSSR count). The number of halogens is 3. The molecule has 0 bridgehead atoms. The van der Waals surface area contributed by atoms with Crippen LogP contribution in [-0.2, 0) is 4.79 Å². The molecular formula is C23H32F3NO2. The predicted octanol–water partition coefficient (Wildman–Crippen LogP) is 6.11. The van der Waals surface area contributed by atoms with Crippen molar-refractivity contribution in [3.63, 3.8) is 0 Å². The molecule has 1 fully saturated rings. The Balaban J connectivity index is 1.74. The van der Waals surface area contributed by atoms with Gasteiger partial charge in [0.1, 0.15) is 5.75 Å². The van der Waals surface area contributed by atoms with Gasteiger partial charge in [-0.15, -0.1) is 0 Å². The summed E-state index contributed by atoms with van der Waals surface area (Å²) >= 11 is 0. The van der Waals surface area contributed by atoms with Crippen LogP contribution >= 0.6 is 0 Å². The minimum atomic E-state index is -4.03. The molecule has 0 atom stereocenters. The van der Waals surface area contributed by atoms with Crippen molar-refractivity contribution in [2.45, 2.75) is 63.5 Å². The molecule has 0 amide bonds. The van der Waals surface area contributed by atoms with Crippen LogP contribution in [0.3, 0.4) is 0 Å². The summed E-state index contributed by atoms with van der Waals surface area (Å²) in [7, 11) is 3.73. The van der Waals surface area contributed by atoms with E-state index in [9.17, 15) is 18.0 Å². The van der Waals surface area contributed by atoms with Gasteiger partial charge in [0.2, 0.25) is 0 Å². The highest BCUT2D eigenvalue weighted by Gasteiger charge is 2.27. The maximum Gasteiger partial charge on any atom is 0.389 e. The number of carbonyl (C=O) groups excluding carboxylic acids is 1.